The topological polar surface area (TPSA) is 123 Å². The summed E-state index contributed by atoms with van der Waals surface area (Å²) in [5, 5.41) is 13.3. The molecule has 212 valence electrons. The molecule has 2 N–H and O–H groups in total. The average molecular weight is 551 g/mol. The van der Waals surface area contributed by atoms with Crippen LogP contribution in [0, 0.1) is 0 Å². The molecule has 2 aromatic carbocycles. The lowest BCUT2D eigenvalue weighted by Crippen LogP contribution is -2.47. The van der Waals surface area contributed by atoms with Crippen molar-refractivity contribution in [1.82, 2.24) is 19.7 Å². The van der Waals surface area contributed by atoms with Crippen LogP contribution in [0.4, 0.5) is 4.79 Å². The van der Waals surface area contributed by atoms with Crippen LogP contribution in [0.25, 0.3) is 10.9 Å². The van der Waals surface area contributed by atoms with Crippen LogP contribution in [0.15, 0.2) is 47.3 Å². The van der Waals surface area contributed by atoms with Crippen LogP contribution in [0.1, 0.15) is 28.8 Å². The van der Waals surface area contributed by atoms with Crippen LogP contribution < -0.4 is 25.1 Å². The summed E-state index contributed by atoms with van der Waals surface area (Å²) in [6.07, 6.45) is 0.433. The van der Waals surface area contributed by atoms with Crippen LogP contribution in [-0.4, -0.2) is 84.5 Å². The van der Waals surface area contributed by atoms with Crippen molar-refractivity contribution in [3.05, 3.63) is 63.9 Å². The molecule has 2 aliphatic rings. The lowest BCUT2D eigenvalue weighted by Gasteiger charge is -2.37. The molecule has 3 aromatic rings. The first-order valence-corrected chi connectivity index (χ1v) is 13.4. The maximum absolute atomic E-state index is 12.9. The number of hydrogen-bond donors (Lipinski definition) is 2. The molecule has 1 aromatic heterocycles. The first kappa shape index (κ1) is 27.3. The Hall–Kier alpha value is -4.25. The van der Waals surface area contributed by atoms with Gasteiger partial charge in [-0.1, -0.05) is 6.07 Å². The van der Waals surface area contributed by atoms with E-state index in [1.165, 1.54) is 18.1 Å². The van der Waals surface area contributed by atoms with Gasteiger partial charge in [0.1, 0.15) is 19.0 Å². The summed E-state index contributed by atoms with van der Waals surface area (Å²) in [6, 6.07) is 12.0. The van der Waals surface area contributed by atoms with Crippen LogP contribution in [0.5, 0.6) is 17.2 Å². The highest BCUT2D eigenvalue weighted by molar-refractivity contribution is 6.06. The fourth-order valence-corrected chi connectivity index (χ4v) is 5.48. The first-order chi connectivity index (χ1) is 19.4. The van der Waals surface area contributed by atoms with Crippen LogP contribution in [0.2, 0.25) is 0 Å². The zero-order chi connectivity index (χ0) is 28.2. The summed E-state index contributed by atoms with van der Waals surface area (Å²) in [7, 11) is 3.09. The highest BCUT2D eigenvalue weighted by Gasteiger charge is 2.28. The van der Waals surface area contributed by atoms with Crippen molar-refractivity contribution in [3.8, 4) is 17.2 Å². The number of nitrogens with zero attached hydrogens (tertiary/aromatic N) is 3. The minimum atomic E-state index is -0.948. The van der Waals surface area contributed by atoms with Gasteiger partial charge in [0.25, 0.3) is 11.5 Å². The quantitative estimate of drug-likeness (QED) is 0.439. The number of methoxy groups -OCH3 is 1. The SMILES string of the molecule is CNC(=O)c1cc(OC)cc2c1ccc(=O)n2CCN1CCC(N(Cc2ccc3c(c2)OCCO3)C(=O)O)CC1. The molecule has 5 rings (SSSR count). The number of benzene rings is 2. The molecule has 2 amide bonds. The summed E-state index contributed by atoms with van der Waals surface area (Å²) in [5.41, 5.74) is 1.78. The average Bonchev–Trinajstić information content (AvgIpc) is 2.98. The Labute approximate surface area is 231 Å². The van der Waals surface area contributed by atoms with E-state index >= 15 is 0 Å². The standard InChI is InChI=1S/C29H34N4O7/c1-30-28(35)23-16-21(38-2)17-24-22(23)4-6-27(34)32(24)12-11-31-9-7-20(8-10-31)33(29(36)37)18-19-3-5-25-26(15-19)40-14-13-39-25/h3-6,15-17,20H,7-14,18H2,1-2H3,(H,30,35)(H,36,37). The number of carbonyl (C=O) groups excluding carboxylic acids is 1. The zero-order valence-corrected chi connectivity index (χ0v) is 22.7. The number of rotatable bonds is 8. The van der Waals surface area contributed by atoms with Crippen LogP contribution >= 0.6 is 0 Å². The highest BCUT2D eigenvalue weighted by atomic mass is 16.6. The molecule has 0 spiro atoms. The molecule has 11 heteroatoms. The normalized spacial score (nSPS) is 15.6. The summed E-state index contributed by atoms with van der Waals surface area (Å²) in [4.78, 5) is 41.3. The van der Waals surface area contributed by atoms with E-state index in [4.69, 9.17) is 14.2 Å². The lowest BCUT2D eigenvalue weighted by atomic mass is 10.0. The monoisotopic (exact) mass is 550 g/mol. The number of amides is 2. The number of carbonyl (C=O) groups is 2. The molecule has 0 aliphatic carbocycles. The number of hydrogen-bond acceptors (Lipinski definition) is 7. The Bertz CT molecular complexity index is 1460. The second kappa shape index (κ2) is 11.9. The van der Waals surface area contributed by atoms with E-state index in [0.717, 1.165) is 5.56 Å². The van der Waals surface area contributed by atoms with E-state index in [9.17, 15) is 19.5 Å². The summed E-state index contributed by atoms with van der Waals surface area (Å²) in [6.45, 7) is 3.73. The van der Waals surface area contributed by atoms with Gasteiger partial charge >= 0.3 is 6.09 Å². The van der Waals surface area contributed by atoms with E-state index in [-0.39, 0.29) is 24.1 Å². The van der Waals surface area contributed by atoms with Gasteiger partial charge in [-0.05, 0) is 42.7 Å². The lowest BCUT2D eigenvalue weighted by molar-refractivity contribution is 0.0855. The van der Waals surface area contributed by atoms with Gasteiger partial charge in [0.2, 0.25) is 0 Å². The highest BCUT2D eigenvalue weighted by Crippen LogP contribution is 2.32. The Morgan fingerprint density at radius 2 is 1.80 bits per heavy atom. The van der Waals surface area contributed by atoms with Gasteiger partial charge in [0, 0.05) is 63.3 Å². The van der Waals surface area contributed by atoms with E-state index in [1.54, 1.807) is 29.8 Å². The van der Waals surface area contributed by atoms with Crippen molar-refractivity contribution >= 4 is 22.9 Å². The molecular formula is C29H34N4O7. The van der Waals surface area contributed by atoms with Crippen LogP contribution in [0.3, 0.4) is 0 Å². The molecule has 1 saturated heterocycles. The van der Waals surface area contributed by atoms with E-state index in [2.05, 4.69) is 10.2 Å². The molecule has 0 radical (unpaired) electrons. The molecule has 0 unspecified atom stereocenters. The fourth-order valence-electron chi connectivity index (χ4n) is 5.48. The predicted octanol–water partition coefficient (Wildman–Crippen LogP) is 2.79. The maximum atomic E-state index is 12.9. The van der Waals surface area contributed by atoms with Crippen molar-refractivity contribution < 1.29 is 28.9 Å². The second-order valence-corrected chi connectivity index (χ2v) is 9.97. The molecule has 0 atom stereocenters. The first-order valence-electron chi connectivity index (χ1n) is 13.4. The third-order valence-corrected chi connectivity index (χ3v) is 7.63. The van der Waals surface area contributed by atoms with Crippen molar-refractivity contribution in [1.29, 1.82) is 0 Å². The van der Waals surface area contributed by atoms with E-state index < -0.39 is 6.09 Å². The number of ether oxygens (including phenoxy) is 3. The van der Waals surface area contributed by atoms with E-state index in [0.29, 0.717) is 85.9 Å². The van der Waals surface area contributed by atoms with Gasteiger partial charge in [-0.25, -0.2) is 4.79 Å². The van der Waals surface area contributed by atoms with Gasteiger partial charge < -0.3 is 39.0 Å². The van der Waals surface area contributed by atoms with Gasteiger partial charge in [0.15, 0.2) is 11.5 Å². The molecular weight excluding hydrogens is 516 g/mol. The van der Waals surface area contributed by atoms with Crippen molar-refractivity contribution in [2.45, 2.75) is 32.0 Å². The molecule has 2 aliphatic heterocycles. The Morgan fingerprint density at radius 3 is 2.50 bits per heavy atom. The summed E-state index contributed by atoms with van der Waals surface area (Å²) in [5.74, 6) is 1.57. The second-order valence-electron chi connectivity index (χ2n) is 9.97. The Morgan fingerprint density at radius 1 is 1.05 bits per heavy atom. The minimum absolute atomic E-state index is 0.110. The predicted molar refractivity (Wildman–Crippen MR) is 149 cm³/mol. The van der Waals surface area contributed by atoms with Crippen molar-refractivity contribution in [3.63, 3.8) is 0 Å². The summed E-state index contributed by atoms with van der Waals surface area (Å²) < 4.78 is 18.3. The number of nitrogens with one attached hydrogen (secondary N) is 1. The number of likely N-dealkylation sites (tertiary alicyclic amines) is 1. The molecule has 1 fully saturated rings. The van der Waals surface area contributed by atoms with Gasteiger partial charge in [-0.3, -0.25) is 9.59 Å². The Kier molecular flexibility index (Phi) is 8.11. The maximum Gasteiger partial charge on any atom is 0.407 e. The van der Waals surface area contributed by atoms with Gasteiger partial charge in [-0.15, -0.1) is 0 Å². The van der Waals surface area contributed by atoms with E-state index in [1.807, 2.05) is 18.2 Å². The molecule has 11 nitrogen and oxygen atoms in total. The Balaban J connectivity index is 1.25. The van der Waals surface area contributed by atoms with Crippen molar-refractivity contribution in [2.75, 3.05) is 47.0 Å². The molecule has 3 heterocycles. The zero-order valence-electron chi connectivity index (χ0n) is 22.7. The summed E-state index contributed by atoms with van der Waals surface area (Å²) >= 11 is 0. The van der Waals surface area contributed by atoms with Gasteiger partial charge in [-0.2, -0.15) is 0 Å². The third kappa shape index (κ3) is 5.69. The fraction of sp³-hybridized carbons (Fsp3) is 0.414. The number of piperidine rings is 1. The smallest absolute Gasteiger partial charge is 0.407 e. The number of aromatic nitrogens is 1. The number of pyridine rings is 1. The number of carboxylic acid groups (broad SMARTS) is 1. The minimum Gasteiger partial charge on any atom is -0.497 e. The third-order valence-electron chi connectivity index (χ3n) is 7.63. The van der Waals surface area contributed by atoms with Gasteiger partial charge in [0.05, 0.1) is 18.2 Å². The van der Waals surface area contributed by atoms with Crippen LogP contribution in [-0.2, 0) is 13.1 Å². The molecule has 0 saturated carbocycles. The number of fused-ring (bicyclic) bond motifs is 2. The molecule has 40 heavy (non-hydrogen) atoms. The largest absolute Gasteiger partial charge is 0.497 e. The molecule has 0 bridgehead atoms. The van der Waals surface area contributed by atoms with Crippen molar-refractivity contribution in [2.24, 2.45) is 0 Å².